The lowest BCUT2D eigenvalue weighted by atomic mass is 9.77. The lowest BCUT2D eigenvalue weighted by Crippen LogP contribution is -2.21. The van der Waals surface area contributed by atoms with Crippen molar-refractivity contribution in [1.82, 2.24) is 4.57 Å². The van der Waals surface area contributed by atoms with Crippen LogP contribution >= 0.6 is 0 Å². The van der Waals surface area contributed by atoms with Crippen LogP contribution in [-0.4, -0.2) is 15.6 Å². The Morgan fingerprint density at radius 1 is 1.19 bits per heavy atom. The zero-order chi connectivity index (χ0) is 14.4. The van der Waals surface area contributed by atoms with Gasteiger partial charge >= 0.3 is 5.97 Å². The Morgan fingerprint density at radius 2 is 2.05 bits per heavy atom. The smallest absolute Gasteiger partial charge is 0.335 e. The van der Waals surface area contributed by atoms with Crippen molar-refractivity contribution in [2.75, 3.05) is 0 Å². The van der Waals surface area contributed by atoms with Gasteiger partial charge in [-0.1, -0.05) is 24.3 Å². The molecule has 1 N–H and O–H groups in total. The number of carbonyl (C=O) groups is 1. The zero-order valence-electron chi connectivity index (χ0n) is 11.5. The summed E-state index contributed by atoms with van der Waals surface area (Å²) in [7, 11) is 0. The number of hydrogen-bond acceptors (Lipinski definition) is 1. The quantitative estimate of drug-likeness (QED) is 0.793. The maximum atomic E-state index is 11.0. The van der Waals surface area contributed by atoms with Crippen LogP contribution in [0.25, 0.3) is 10.9 Å². The molecule has 0 saturated heterocycles. The molecule has 1 heterocycles. The number of benzene rings is 2. The predicted octanol–water partition coefficient (Wildman–Crippen LogP) is 3.68. The van der Waals surface area contributed by atoms with Gasteiger partial charge in [0.25, 0.3) is 0 Å². The first-order valence-corrected chi connectivity index (χ1v) is 7.12. The van der Waals surface area contributed by atoms with E-state index in [0.29, 0.717) is 11.5 Å². The third kappa shape index (κ3) is 1.93. The fraction of sp³-hybridized carbons (Fsp3) is 0.167. The summed E-state index contributed by atoms with van der Waals surface area (Å²) in [6, 6.07) is 15.9. The van der Waals surface area contributed by atoms with Gasteiger partial charge in [0.15, 0.2) is 0 Å². The van der Waals surface area contributed by atoms with Crippen molar-refractivity contribution in [2.45, 2.75) is 18.9 Å². The molecular formula is C18H15NO2. The standard InChI is InChI=1S/C18H15NO2/c20-18(21)14-5-6-17-13(10-14)7-8-19(17)11-15-9-12-3-1-2-4-16(12)15/h1-8,10,15H,9,11H2,(H,20,21). The summed E-state index contributed by atoms with van der Waals surface area (Å²) in [5.41, 5.74) is 4.34. The molecule has 1 aliphatic carbocycles. The van der Waals surface area contributed by atoms with E-state index in [4.69, 9.17) is 5.11 Å². The summed E-state index contributed by atoms with van der Waals surface area (Å²) < 4.78 is 2.22. The first-order valence-electron chi connectivity index (χ1n) is 7.12. The van der Waals surface area contributed by atoms with E-state index in [1.54, 1.807) is 12.1 Å². The van der Waals surface area contributed by atoms with E-state index in [1.165, 1.54) is 11.1 Å². The average Bonchev–Trinajstić information content (AvgIpc) is 2.87. The van der Waals surface area contributed by atoms with Crippen molar-refractivity contribution in [1.29, 1.82) is 0 Å². The van der Waals surface area contributed by atoms with Gasteiger partial charge in [-0.15, -0.1) is 0 Å². The Labute approximate surface area is 122 Å². The molecule has 0 bridgehead atoms. The number of carboxylic acid groups (broad SMARTS) is 1. The first kappa shape index (κ1) is 12.2. The third-order valence-electron chi connectivity index (χ3n) is 4.40. The molecule has 21 heavy (non-hydrogen) atoms. The maximum absolute atomic E-state index is 11.0. The van der Waals surface area contributed by atoms with Gasteiger partial charge in [-0.05, 0) is 41.8 Å². The van der Waals surface area contributed by atoms with Gasteiger partial charge in [0.2, 0.25) is 0 Å². The molecule has 0 amide bonds. The fourth-order valence-electron chi connectivity index (χ4n) is 3.26. The number of aromatic carboxylic acids is 1. The maximum Gasteiger partial charge on any atom is 0.335 e. The Kier molecular flexibility index (Phi) is 2.61. The van der Waals surface area contributed by atoms with Gasteiger partial charge in [-0.3, -0.25) is 0 Å². The minimum atomic E-state index is -0.877. The van der Waals surface area contributed by atoms with Gasteiger partial charge in [-0.25, -0.2) is 4.79 Å². The van der Waals surface area contributed by atoms with Crippen LogP contribution in [-0.2, 0) is 13.0 Å². The highest BCUT2D eigenvalue weighted by Crippen LogP contribution is 2.36. The molecule has 104 valence electrons. The van der Waals surface area contributed by atoms with Crippen LogP contribution in [0.5, 0.6) is 0 Å². The van der Waals surface area contributed by atoms with Crippen LogP contribution in [0.15, 0.2) is 54.7 Å². The number of hydrogen-bond donors (Lipinski definition) is 1. The molecular weight excluding hydrogens is 262 g/mol. The van der Waals surface area contributed by atoms with Crippen LogP contribution in [0.4, 0.5) is 0 Å². The van der Waals surface area contributed by atoms with Crippen molar-refractivity contribution in [3.05, 3.63) is 71.4 Å². The second kappa shape index (κ2) is 4.48. The van der Waals surface area contributed by atoms with Crippen LogP contribution in [0.2, 0.25) is 0 Å². The molecule has 1 unspecified atom stereocenters. The van der Waals surface area contributed by atoms with Crippen molar-refractivity contribution >= 4 is 16.9 Å². The number of carboxylic acids is 1. The molecule has 1 aliphatic rings. The Morgan fingerprint density at radius 3 is 2.86 bits per heavy atom. The van der Waals surface area contributed by atoms with Gasteiger partial charge in [0.1, 0.15) is 0 Å². The SMILES string of the molecule is O=C(O)c1ccc2c(ccn2CC2Cc3ccccc32)c1. The first-order chi connectivity index (χ1) is 10.2. The van der Waals surface area contributed by atoms with Gasteiger partial charge in [0, 0.05) is 29.6 Å². The molecule has 1 atom stereocenters. The molecule has 2 aromatic carbocycles. The Bertz CT molecular complexity index is 847. The van der Waals surface area contributed by atoms with Gasteiger partial charge < -0.3 is 9.67 Å². The van der Waals surface area contributed by atoms with Gasteiger partial charge in [0.05, 0.1) is 5.56 Å². The van der Waals surface area contributed by atoms with E-state index < -0.39 is 5.97 Å². The fourth-order valence-corrected chi connectivity index (χ4v) is 3.26. The topological polar surface area (TPSA) is 42.2 Å². The summed E-state index contributed by atoms with van der Waals surface area (Å²) in [5, 5.41) is 10.0. The zero-order valence-corrected chi connectivity index (χ0v) is 11.5. The van der Waals surface area contributed by atoms with E-state index in [-0.39, 0.29) is 0 Å². The Hall–Kier alpha value is -2.55. The minimum absolute atomic E-state index is 0.342. The minimum Gasteiger partial charge on any atom is -0.478 e. The van der Waals surface area contributed by atoms with E-state index in [0.717, 1.165) is 23.9 Å². The largest absolute Gasteiger partial charge is 0.478 e. The van der Waals surface area contributed by atoms with Crippen LogP contribution in [0.1, 0.15) is 27.4 Å². The number of fused-ring (bicyclic) bond motifs is 2. The van der Waals surface area contributed by atoms with E-state index in [2.05, 4.69) is 35.0 Å². The van der Waals surface area contributed by atoms with Crippen molar-refractivity contribution in [3.63, 3.8) is 0 Å². The van der Waals surface area contributed by atoms with Crippen molar-refractivity contribution in [2.24, 2.45) is 0 Å². The highest BCUT2D eigenvalue weighted by atomic mass is 16.4. The molecule has 4 rings (SSSR count). The molecule has 0 spiro atoms. The second-order valence-electron chi connectivity index (χ2n) is 5.65. The highest BCUT2D eigenvalue weighted by Gasteiger charge is 2.25. The van der Waals surface area contributed by atoms with Gasteiger partial charge in [-0.2, -0.15) is 0 Å². The lowest BCUT2D eigenvalue weighted by molar-refractivity contribution is 0.0697. The monoisotopic (exact) mass is 277 g/mol. The molecule has 0 aliphatic heterocycles. The van der Waals surface area contributed by atoms with E-state index >= 15 is 0 Å². The molecule has 0 radical (unpaired) electrons. The molecule has 0 fully saturated rings. The van der Waals surface area contributed by atoms with Crippen LogP contribution in [0.3, 0.4) is 0 Å². The normalized spacial score (nSPS) is 16.5. The van der Waals surface area contributed by atoms with Crippen molar-refractivity contribution in [3.8, 4) is 0 Å². The highest BCUT2D eigenvalue weighted by molar-refractivity contribution is 5.93. The molecule has 3 heteroatoms. The molecule has 3 nitrogen and oxygen atoms in total. The number of rotatable bonds is 3. The number of nitrogens with zero attached hydrogens (tertiary/aromatic N) is 1. The van der Waals surface area contributed by atoms with Crippen LogP contribution < -0.4 is 0 Å². The van der Waals surface area contributed by atoms with Crippen molar-refractivity contribution < 1.29 is 9.90 Å². The lowest BCUT2D eigenvalue weighted by Gasteiger charge is -2.30. The summed E-state index contributed by atoms with van der Waals surface area (Å²) in [6.45, 7) is 0.951. The summed E-state index contributed by atoms with van der Waals surface area (Å²) in [5.74, 6) is -0.312. The molecule has 0 saturated carbocycles. The van der Waals surface area contributed by atoms with Crippen LogP contribution in [0, 0.1) is 0 Å². The predicted molar refractivity (Wildman–Crippen MR) is 81.8 cm³/mol. The Balaban J connectivity index is 1.65. The summed E-state index contributed by atoms with van der Waals surface area (Å²) >= 11 is 0. The second-order valence-corrected chi connectivity index (χ2v) is 5.65. The molecule has 3 aromatic rings. The average molecular weight is 277 g/mol. The number of aromatic nitrogens is 1. The third-order valence-corrected chi connectivity index (χ3v) is 4.40. The summed E-state index contributed by atoms with van der Waals surface area (Å²) in [6.07, 6.45) is 3.18. The van der Waals surface area contributed by atoms with E-state index in [9.17, 15) is 4.79 Å². The molecule has 1 aromatic heterocycles. The van der Waals surface area contributed by atoms with E-state index in [1.807, 2.05) is 12.1 Å². The summed E-state index contributed by atoms with van der Waals surface area (Å²) in [4.78, 5) is 11.0.